The fraction of sp³-hybridized carbons (Fsp3) is 0.250. The molecule has 2 rings (SSSR count). The van der Waals surface area contributed by atoms with Gasteiger partial charge in [0.15, 0.2) is 6.10 Å². The molecule has 0 aliphatic carbocycles. The minimum atomic E-state index is -1.58. The lowest BCUT2D eigenvalue weighted by atomic mass is 10.1. The molecule has 0 spiro atoms. The normalized spacial score (nSPS) is 12.8. The van der Waals surface area contributed by atoms with E-state index in [1.807, 2.05) is 11.5 Å². The van der Waals surface area contributed by atoms with E-state index in [1.54, 1.807) is 12.3 Å². The summed E-state index contributed by atoms with van der Waals surface area (Å²) in [7, 11) is 0. The minimum absolute atomic E-state index is 0.0465. The Morgan fingerprint density at radius 1 is 1.47 bits per heavy atom. The molecule has 0 saturated heterocycles. The molecule has 0 bridgehead atoms. The number of hydrogen-bond acceptors (Lipinski definition) is 3. The van der Waals surface area contributed by atoms with Crippen LogP contribution in [0.3, 0.4) is 0 Å². The first-order valence-electron chi connectivity index (χ1n) is 5.27. The fourth-order valence-corrected chi connectivity index (χ4v) is 1.93. The predicted octanol–water partition coefficient (Wildman–Crippen LogP) is 1.48. The molecule has 0 aliphatic heterocycles. The predicted molar refractivity (Wildman–Crippen MR) is 61.9 cm³/mol. The molecule has 3 N–H and O–H groups in total. The average molecular weight is 235 g/mol. The van der Waals surface area contributed by atoms with Crippen LogP contribution in [-0.2, 0) is 11.3 Å². The number of carboxylic acids is 1. The number of fused-ring (bicyclic) bond motifs is 1. The third-order valence-corrected chi connectivity index (χ3v) is 2.76. The maximum absolute atomic E-state index is 10.8. The lowest BCUT2D eigenvalue weighted by Crippen LogP contribution is -2.09. The van der Waals surface area contributed by atoms with E-state index >= 15 is 0 Å². The van der Waals surface area contributed by atoms with Crippen LogP contribution >= 0.6 is 0 Å². The highest BCUT2D eigenvalue weighted by atomic mass is 16.4. The molecule has 1 unspecified atom stereocenters. The van der Waals surface area contributed by atoms with Crippen LogP contribution in [0.1, 0.15) is 18.6 Å². The Hall–Kier alpha value is -2.01. The fourth-order valence-electron chi connectivity index (χ4n) is 1.93. The van der Waals surface area contributed by atoms with Crippen LogP contribution < -0.4 is 0 Å². The average Bonchev–Trinajstić information content (AvgIpc) is 2.65. The third kappa shape index (κ3) is 1.85. The summed E-state index contributed by atoms with van der Waals surface area (Å²) in [5, 5.41) is 28.4. The van der Waals surface area contributed by atoms with E-state index in [-0.39, 0.29) is 5.75 Å². The monoisotopic (exact) mass is 235 g/mol. The Morgan fingerprint density at radius 2 is 2.18 bits per heavy atom. The second-order valence-electron chi connectivity index (χ2n) is 3.81. The molecular formula is C12H13NO4. The van der Waals surface area contributed by atoms with Crippen molar-refractivity contribution >= 4 is 16.9 Å². The van der Waals surface area contributed by atoms with Gasteiger partial charge >= 0.3 is 5.97 Å². The Kier molecular flexibility index (Phi) is 2.77. The second kappa shape index (κ2) is 4.10. The van der Waals surface area contributed by atoms with Gasteiger partial charge in [-0.1, -0.05) is 0 Å². The molecule has 0 radical (unpaired) electrons. The zero-order valence-corrected chi connectivity index (χ0v) is 9.29. The first kappa shape index (κ1) is 11.5. The highest BCUT2D eigenvalue weighted by Crippen LogP contribution is 2.29. The molecule has 1 aromatic carbocycles. The quantitative estimate of drug-likeness (QED) is 0.752. The first-order valence-corrected chi connectivity index (χ1v) is 5.27. The number of carboxylic acid groups (broad SMARTS) is 1. The van der Waals surface area contributed by atoms with Gasteiger partial charge < -0.3 is 19.9 Å². The van der Waals surface area contributed by atoms with Crippen molar-refractivity contribution < 1.29 is 20.1 Å². The summed E-state index contributed by atoms with van der Waals surface area (Å²) in [5.74, 6) is -1.26. The number of phenols is 1. The van der Waals surface area contributed by atoms with Crippen LogP contribution in [0.15, 0.2) is 24.4 Å². The number of aliphatic hydroxyl groups is 1. The topological polar surface area (TPSA) is 82.7 Å². The SMILES string of the molecule is CCn1cc(C(O)C(=O)O)c2cc(O)ccc21. The van der Waals surface area contributed by atoms with Crippen LogP contribution in [0.5, 0.6) is 5.75 Å². The summed E-state index contributed by atoms with van der Waals surface area (Å²) in [4.78, 5) is 10.8. The molecule has 0 aliphatic rings. The molecule has 0 fully saturated rings. The number of aromatic nitrogens is 1. The molecule has 5 nitrogen and oxygen atoms in total. The van der Waals surface area contributed by atoms with Crippen molar-refractivity contribution in [2.45, 2.75) is 19.6 Å². The molecule has 0 amide bonds. The summed E-state index contributed by atoms with van der Waals surface area (Å²) in [6.45, 7) is 2.58. The lowest BCUT2D eigenvalue weighted by molar-refractivity contribution is -0.146. The summed E-state index contributed by atoms with van der Waals surface area (Å²) >= 11 is 0. The van der Waals surface area contributed by atoms with E-state index in [0.29, 0.717) is 17.5 Å². The van der Waals surface area contributed by atoms with Crippen LogP contribution in [0, 0.1) is 0 Å². The Bertz CT molecular complexity index is 573. The number of carbonyl (C=O) groups is 1. The molecular weight excluding hydrogens is 222 g/mol. The lowest BCUT2D eigenvalue weighted by Gasteiger charge is -2.03. The van der Waals surface area contributed by atoms with Crippen LogP contribution in [0.25, 0.3) is 10.9 Å². The number of aryl methyl sites for hydroxylation is 1. The number of aliphatic carboxylic acids is 1. The molecule has 5 heteroatoms. The van der Waals surface area contributed by atoms with Gasteiger partial charge in [0.25, 0.3) is 0 Å². The number of hydrogen-bond donors (Lipinski definition) is 3. The number of phenolic OH excluding ortho intramolecular Hbond substituents is 1. The summed E-state index contributed by atoms with van der Waals surface area (Å²) in [6.07, 6.45) is 0.0233. The molecule has 90 valence electrons. The Morgan fingerprint density at radius 3 is 2.76 bits per heavy atom. The number of aromatic hydroxyl groups is 1. The molecule has 2 aromatic rings. The number of benzene rings is 1. The molecule has 0 saturated carbocycles. The van der Waals surface area contributed by atoms with Gasteiger partial charge in [0.1, 0.15) is 5.75 Å². The van der Waals surface area contributed by atoms with Gasteiger partial charge in [-0.05, 0) is 25.1 Å². The van der Waals surface area contributed by atoms with E-state index in [0.717, 1.165) is 5.52 Å². The highest BCUT2D eigenvalue weighted by molar-refractivity contribution is 5.90. The summed E-state index contributed by atoms with van der Waals surface area (Å²) < 4.78 is 1.83. The molecule has 1 atom stereocenters. The van der Waals surface area contributed by atoms with E-state index in [4.69, 9.17) is 5.11 Å². The van der Waals surface area contributed by atoms with Gasteiger partial charge in [0.05, 0.1) is 0 Å². The van der Waals surface area contributed by atoms with Crippen LogP contribution in [0.4, 0.5) is 0 Å². The number of nitrogens with zero attached hydrogens (tertiary/aromatic N) is 1. The van der Waals surface area contributed by atoms with Crippen molar-refractivity contribution in [1.82, 2.24) is 4.57 Å². The number of rotatable bonds is 3. The maximum Gasteiger partial charge on any atom is 0.337 e. The van der Waals surface area contributed by atoms with Gasteiger partial charge in [-0.15, -0.1) is 0 Å². The Balaban J connectivity index is 2.70. The smallest absolute Gasteiger partial charge is 0.337 e. The van der Waals surface area contributed by atoms with Crippen LogP contribution in [-0.4, -0.2) is 25.9 Å². The minimum Gasteiger partial charge on any atom is -0.508 e. The van der Waals surface area contributed by atoms with E-state index in [9.17, 15) is 15.0 Å². The van der Waals surface area contributed by atoms with E-state index < -0.39 is 12.1 Å². The second-order valence-corrected chi connectivity index (χ2v) is 3.81. The maximum atomic E-state index is 10.8. The number of aliphatic hydroxyl groups excluding tert-OH is 1. The van der Waals surface area contributed by atoms with Crippen molar-refractivity contribution in [1.29, 1.82) is 0 Å². The van der Waals surface area contributed by atoms with Crippen molar-refractivity contribution in [2.75, 3.05) is 0 Å². The van der Waals surface area contributed by atoms with Gasteiger partial charge in [-0.2, -0.15) is 0 Å². The third-order valence-electron chi connectivity index (χ3n) is 2.76. The Labute approximate surface area is 97.5 Å². The summed E-state index contributed by atoms with van der Waals surface area (Å²) in [5.41, 5.74) is 1.09. The van der Waals surface area contributed by atoms with Gasteiger partial charge in [0.2, 0.25) is 0 Å². The van der Waals surface area contributed by atoms with Crippen molar-refractivity contribution in [3.63, 3.8) is 0 Å². The summed E-state index contributed by atoms with van der Waals surface area (Å²) in [6, 6.07) is 4.70. The van der Waals surface area contributed by atoms with Crippen molar-refractivity contribution in [3.05, 3.63) is 30.0 Å². The zero-order valence-electron chi connectivity index (χ0n) is 9.29. The van der Waals surface area contributed by atoms with E-state index in [1.165, 1.54) is 12.1 Å². The van der Waals surface area contributed by atoms with Gasteiger partial charge in [-0.25, -0.2) is 4.79 Å². The molecule has 1 heterocycles. The van der Waals surface area contributed by atoms with E-state index in [2.05, 4.69) is 0 Å². The first-order chi connectivity index (χ1) is 8.04. The van der Waals surface area contributed by atoms with Crippen molar-refractivity contribution in [3.8, 4) is 5.75 Å². The standard InChI is InChI=1S/C12H13NO4/c1-2-13-6-9(11(15)12(16)17)8-5-7(14)3-4-10(8)13/h3-6,11,14-15H,2H2,1H3,(H,16,17). The van der Waals surface area contributed by atoms with Gasteiger partial charge in [0, 0.05) is 29.2 Å². The molecule has 1 aromatic heterocycles. The van der Waals surface area contributed by atoms with Gasteiger partial charge in [-0.3, -0.25) is 0 Å². The molecule has 17 heavy (non-hydrogen) atoms. The highest BCUT2D eigenvalue weighted by Gasteiger charge is 2.21. The largest absolute Gasteiger partial charge is 0.508 e. The zero-order chi connectivity index (χ0) is 12.6. The van der Waals surface area contributed by atoms with Crippen LogP contribution in [0.2, 0.25) is 0 Å². The van der Waals surface area contributed by atoms with Crippen molar-refractivity contribution in [2.24, 2.45) is 0 Å².